The van der Waals surface area contributed by atoms with Gasteiger partial charge in [-0.05, 0) is 47.5 Å². The van der Waals surface area contributed by atoms with E-state index >= 15 is 0 Å². The molecule has 0 aliphatic rings. The smallest absolute Gasteiger partial charge is 0.262 e. The first kappa shape index (κ1) is 22.4. The Morgan fingerprint density at radius 3 is 1.94 bits per heavy atom. The summed E-state index contributed by atoms with van der Waals surface area (Å²) in [5, 5.41) is 1.58. The van der Waals surface area contributed by atoms with Gasteiger partial charge in [-0.3, -0.25) is 4.72 Å². The Kier molecular flexibility index (Phi) is 6.38. The van der Waals surface area contributed by atoms with E-state index in [1.807, 2.05) is 91.8 Å². The number of nitrogens with one attached hydrogen (secondary N) is 1. The van der Waals surface area contributed by atoms with Crippen molar-refractivity contribution in [3.05, 3.63) is 96.1 Å². The summed E-state index contributed by atoms with van der Waals surface area (Å²) >= 11 is 0. The molecule has 0 amide bonds. The Labute approximate surface area is 195 Å². The standard InChI is InChI=1S/C27H26N2O3S/c1-29(2)26-8-4-7-25-24(26)6-5-9-27(25)33(30,31)28-22-16-12-20(13-17-22)10-11-21-14-18-23(32-3)19-15-21/h4-19,28H,1-3H3. The second-order valence-corrected chi connectivity index (χ2v) is 9.51. The molecule has 0 radical (unpaired) electrons. The van der Waals surface area contributed by atoms with Gasteiger partial charge in [0.15, 0.2) is 0 Å². The van der Waals surface area contributed by atoms with E-state index in [1.165, 1.54) is 0 Å². The SMILES string of the molecule is COc1ccc(C=Cc2ccc(NS(=O)(=O)c3cccc4c(N(C)C)cccc34)cc2)cc1. The third kappa shape index (κ3) is 5.02. The van der Waals surface area contributed by atoms with E-state index in [0.717, 1.165) is 28.0 Å². The first-order valence-corrected chi connectivity index (χ1v) is 12.0. The molecule has 0 aliphatic heterocycles. The van der Waals surface area contributed by atoms with E-state index in [0.29, 0.717) is 11.1 Å². The molecule has 0 fully saturated rings. The fourth-order valence-electron chi connectivity index (χ4n) is 3.67. The summed E-state index contributed by atoms with van der Waals surface area (Å²) in [6.07, 6.45) is 3.98. The molecule has 4 aromatic carbocycles. The van der Waals surface area contributed by atoms with Gasteiger partial charge >= 0.3 is 0 Å². The lowest BCUT2D eigenvalue weighted by atomic mass is 10.1. The van der Waals surface area contributed by atoms with Crippen LogP contribution in [-0.2, 0) is 10.0 Å². The summed E-state index contributed by atoms with van der Waals surface area (Å²) in [6, 6.07) is 26.1. The second-order valence-electron chi connectivity index (χ2n) is 7.86. The zero-order valence-corrected chi connectivity index (χ0v) is 19.6. The topological polar surface area (TPSA) is 58.6 Å². The fourth-order valence-corrected chi connectivity index (χ4v) is 4.95. The molecule has 1 N–H and O–H groups in total. The van der Waals surface area contributed by atoms with Crippen molar-refractivity contribution in [1.29, 1.82) is 0 Å². The van der Waals surface area contributed by atoms with Crippen molar-refractivity contribution in [2.24, 2.45) is 0 Å². The van der Waals surface area contributed by atoms with Crippen LogP contribution in [0.25, 0.3) is 22.9 Å². The summed E-state index contributed by atoms with van der Waals surface area (Å²) < 4.78 is 34.3. The average Bonchev–Trinajstić information content (AvgIpc) is 2.83. The first-order valence-electron chi connectivity index (χ1n) is 10.5. The summed E-state index contributed by atoms with van der Waals surface area (Å²) in [5.74, 6) is 0.813. The number of rotatable bonds is 7. The van der Waals surface area contributed by atoms with E-state index in [4.69, 9.17) is 4.74 Å². The molecule has 168 valence electrons. The van der Waals surface area contributed by atoms with Crippen LogP contribution in [0.15, 0.2) is 89.8 Å². The molecule has 0 spiro atoms. The molecule has 5 nitrogen and oxygen atoms in total. The van der Waals surface area contributed by atoms with Gasteiger partial charge in [0.1, 0.15) is 5.75 Å². The maximum Gasteiger partial charge on any atom is 0.262 e. The third-order valence-electron chi connectivity index (χ3n) is 5.38. The number of hydrogen-bond donors (Lipinski definition) is 1. The lowest BCUT2D eigenvalue weighted by molar-refractivity contribution is 0.415. The maximum absolute atomic E-state index is 13.2. The van der Waals surface area contributed by atoms with Crippen LogP contribution in [-0.4, -0.2) is 29.6 Å². The van der Waals surface area contributed by atoms with Gasteiger partial charge in [-0.15, -0.1) is 0 Å². The molecule has 0 saturated heterocycles. The quantitative estimate of drug-likeness (QED) is 0.351. The van der Waals surface area contributed by atoms with Crippen LogP contribution in [0, 0.1) is 0 Å². The van der Waals surface area contributed by atoms with Gasteiger partial charge in [0.2, 0.25) is 0 Å². The maximum atomic E-state index is 13.2. The van der Waals surface area contributed by atoms with Gasteiger partial charge in [0, 0.05) is 36.2 Å². The van der Waals surface area contributed by atoms with Crippen molar-refractivity contribution in [2.45, 2.75) is 4.90 Å². The molecule has 4 rings (SSSR count). The summed E-state index contributed by atoms with van der Waals surface area (Å²) in [5.41, 5.74) is 3.50. The predicted molar refractivity (Wildman–Crippen MR) is 137 cm³/mol. The predicted octanol–water partition coefficient (Wildman–Crippen LogP) is 5.89. The highest BCUT2D eigenvalue weighted by Gasteiger charge is 2.18. The zero-order chi connectivity index (χ0) is 23.4. The number of benzene rings is 4. The minimum Gasteiger partial charge on any atom is -0.497 e. The lowest BCUT2D eigenvalue weighted by Crippen LogP contribution is -2.14. The number of nitrogens with zero attached hydrogens (tertiary/aromatic N) is 1. The average molecular weight is 459 g/mol. The van der Waals surface area contributed by atoms with Crippen molar-refractivity contribution in [2.75, 3.05) is 30.8 Å². The molecular formula is C27H26N2O3S. The molecule has 0 unspecified atom stereocenters. The highest BCUT2D eigenvalue weighted by atomic mass is 32.2. The van der Waals surface area contributed by atoms with Gasteiger partial charge < -0.3 is 9.64 Å². The highest BCUT2D eigenvalue weighted by Crippen LogP contribution is 2.31. The van der Waals surface area contributed by atoms with Crippen molar-refractivity contribution < 1.29 is 13.2 Å². The van der Waals surface area contributed by atoms with Crippen LogP contribution in [0.3, 0.4) is 0 Å². The van der Waals surface area contributed by atoms with Crippen molar-refractivity contribution in [3.63, 3.8) is 0 Å². The van der Waals surface area contributed by atoms with Crippen LogP contribution in [0.5, 0.6) is 5.75 Å². The minimum absolute atomic E-state index is 0.257. The van der Waals surface area contributed by atoms with Gasteiger partial charge in [-0.25, -0.2) is 8.42 Å². The second kappa shape index (κ2) is 9.38. The Balaban J connectivity index is 1.55. The molecule has 0 bridgehead atoms. The molecule has 4 aromatic rings. The molecule has 0 aliphatic carbocycles. The molecular weight excluding hydrogens is 432 g/mol. The van der Waals surface area contributed by atoms with Crippen molar-refractivity contribution in [1.82, 2.24) is 0 Å². The number of methoxy groups -OCH3 is 1. The Bertz CT molecular complexity index is 1390. The van der Waals surface area contributed by atoms with Crippen LogP contribution in [0.2, 0.25) is 0 Å². The van der Waals surface area contributed by atoms with Crippen molar-refractivity contribution in [3.8, 4) is 5.75 Å². The molecule has 0 atom stereocenters. The normalized spacial score (nSPS) is 11.6. The van der Waals surface area contributed by atoms with E-state index < -0.39 is 10.0 Å². The van der Waals surface area contributed by atoms with Crippen LogP contribution in [0.4, 0.5) is 11.4 Å². The molecule has 33 heavy (non-hydrogen) atoms. The van der Waals surface area contributed by atoms with Crippen LogP contribution in [0.1, 0.15) is 11.1 Å². The number of sulfonamides is 1. The summed E-state index contributed by atoms with van der Waals surface area (Å²) in [7, 11) is 1.77. The van der Waals surface area contributed by atoms with E-state index in [1.54, 1.807) is 31.4 Å². The Morgan fingerprint density at radius 2 is 1.33 bits per heavy atom. The molecule has 0 heterocycles. The van der Waals surface area contributed by atoms with E-state index in [9.17, 15) is 8.42 Å². The zero-order valence-electron chi connectivity index (χ0n) is 18.8. The lowest BCUT2D eigenvalue weighted by Gasteiger charge is -2.17. The van der Waals surface area contributed by atoms with Gasteiger partial charge in [0.05, 0.1) is 12.0 Å². The number of hydrogen-bond acceptors (Lipinski definition) is 4. The summed E-state index contributed by atoms with van der Waals surface area (Å²) in [6.45, 7) is 0. The Hall–Kier alpha value is -3.77. The van der Waals surface area contributed by atoms with E-state index in [-0.39, 0.29) is 4.90 Å². The monoisotopic (exact) mass is 458 g/mol. The van der Waals surface area contributed by atoms with Crippen LogP contribution >= 0.6 is 0 Å². The third-order valence-corrected chi connectivity index (χ3v) is 6.82. The number of anilines is 2. The number of ether oxygens (including phenoxy) is 1. The van der Waals surface area contributed by atoms with Gasteiger partial charge in [-0.2, -0.15) is 0 Å². The minimum atomic E-state index is -3.76. The summed E-state index contributed by atoms with van der Waals surface area (Å²) in [4.78, 5) is 2.23. The van der Waals surface area contributed by atoms with E-state index in [2.05, 4.69) is 4.72 Å². The van der Waals surface area contributed by atoms with Gasteiger partial charge in [-0.1, -0.05) is 60.7 Å². The molecule has 0 aromatic heterocycles. The molecule has 0 saturated carbocycles. The number of fused-ring (bicyclic) bond motifs is 1. The fraction of sp³-hybridized carbons (Fsp3) is 0.111. The Morgan fingerprint density at radius 1 is 0.758 bits per heavy atom. The van der Waals surface area contributed by atoms with Gasteiger partial charge in [0.25, 0.3) is 10.0 Å². The largest absolute Gasteiger partial charge is 0.497 e. The first-order chi connectivity index (χ1) is 15.9. The molecule has 6 heteroatoms. The van der Waals surface area contributed by atoms with Crippen molar-refractivity contribution >= 4 is 44.3 Å². The van der Waals surface area contributed by atoms with Crippen LogP contribution < -0.4 is 14.4 Å². The highest BCUT2D eigenvalue weighted by molar-refractivity contribution is 7.93.